The van der Waals surface area contributed by atoms with Crippen LogP contribution in [-0.2, 0) is 17.6 Å². The highest BCUT2D eigenvalue weighted by Gasteiger charge is 2.28. The van der Waals surface area contributed by atoms with E-state index in [0.29, 0.717) is 17.7 Å². The summed E-state index contributed by atoms with van der Waals surface area (Å²) in [5.41, 5.74) is 7.49. The number of hydrogen-bond acceptors (Lipinski definition) is 3. The van der Waals surface area contributed by atoms with E-state index in [4.69, 9.17) is 4.74 Å². The van der Waals surface area contributed by atoms with Gasteiger partial charge in [0.1, 0.15) is 5.75 Å². The Kier molecular flexibility index (Phi) is 4.28. The lowest BCUT2D eigenvalue weighted by Crippen LogP contribution is -2.47. The van der Waals surface area contributed by atoms with Crippen molar-refractivity contribution in [2.24, 2.45) is 0 Å². The second kappa shape index (κ2) is 6.52. The maximum atomic E-state index is 12.1. The number of hydrazine groups is 1. The molecule has 0 aliphatic carbocycles. The third kappa shape index (κ3) is 3.34. The van der Waals surface area contributed by atoms with Gasteiger partial charge in [-0.25, -0.2) is 0 Å². The van der Waals surface area contributed by atoms with E-state index < -0.39 is 6.10 Å². The fourth-order valence-corrected chi connectivity index (χ4v) is 2.49. The van der Waals surface area contributed by atoms with Gasteiger partial charge >= 0.3 is 0 Å². The molecule has 1 aliphatic heterocycles. The number of aryl methyl sites for hydroxylation is 1. The van der Waals surface area contributed by atoms with Crippen LogP contribution in [0.2, 0.25) is 0 Å². The topological polar surface area (TPSA) is 67.4 Å². The van der Waals surface area contributed by atoms with E-state index in [9.17, 15) is 9.59 Å². The molecule has 23 heavy (non-hydrogen) atoms. The average Bonchev–Trinajstić information content (AvgIpc) is 3.03. The molecule has 2 aromatic rings. The molecule has 0 fully saturated rings. The number of amides is 2. The van der Waals surface area contributed by atoms with Crippen LogP contribution >= 0.6 is 0 Å². The van der Waals surface area contributed by atoms with Crippen molar-refractivity contribution in [3.05, 3.63) is 65.2 Å². The number of fused-ring (bicyclic) bond motifs is 1. The molecule has 2 aromatic carbocycles. The van der Waals surface area contributed by atoms with Crippen LogP contribution in [0.4, 0.5) is 0 Å². The molecule has 0 spiro atoms. The lowest BCUT2D eigenvalue weighted by Gasteiger charge is -2.12. The summed E-state index contributed by atoms with van der Waals surface area (Å²) in [6, 6.07) is 14.8. The first-order valence-corrected chi connectivity index (χ1v) is 7.61. The minimum Gasteiger partial charge on any atom is -0.480 e. The number of carbonyl (C=O) groups is 2. The summed E-state index contributed by atoms with van der Waals surface area (Å²) in [5, 5.41) is 0. The molecule has 2 N–H and O–H groups in total. The maximum Gasteiger partial charge on any atom is 0.279 e. The first-order valence-electron chi connectivity index (χ1n) is 7.61. The molecule has 0 radical (unpaired) electrons. The standard InChI is InChI=1S/C18H18N2O3/c1-2-12-7-9-13(10-8-12)17(21)19-20-18(22)16-11-14-5-3-4-6-15(14)23-16/h3-10,16H,2,11H2,1H3,(H,19,21)(H,20,22)/t16-/m1/s1. The van der Waals surface area contributed by atoms with Crippen LogP contribution in [0.15, 0.2) is 48.5 Å². The van der Waals surface area contributed by atoms with Crippen LogP contribution in [0.3, 0.4) is 0 Å². The third-order valence-corrected chi connectivity index (χ3v) is 3.86. The van der Waals surface area contributed by atoms with Crippen LogP contribution in [-0.4, -0.2) is 17.9 Å². The zero-order valence-electron chi connectivity index (χ0n) is 12.8. The number of benzene rings is 2. The van der Waals surface area contributed by atoms with Crippen molar-refractivity contribution in [2.75, 3.05) is 0 Å². The van der Waals surface area contributed by atoms with Crippen molar-refractivity contribution in [1.82, 2.24) is 10.9 Å². The molecule has 1 atom stereocenters. The summed E-state index contributed by atoms with van der Waals surface area (Å²) in [6.07, 6.45) is 0.802. The van der Waals surface area contributed by atoms with Gasteiger partial charge in [0.15, 0.2) is 6.10 Å². The van der Waals surface area contributed by atoms with Crippen molar-refractivity contribution in [3.8, 4) is 5.75 Å². The summed E-state index contributed by atoms with van der Waals surface area (Å²) < 4.78 is 5.57. The molecule has 2 amide bonds. The quantitative estimate of drug-likeness (QED) is 0.852. The molecule has 5 nitrogen and oxygen atoms in total. The van der Waals surface area contributed by atoms with Gasteiger partial charge < -0.3 is 4.74 Å². The molecular weight excluding hydrogens is 292 g/mol. The van der Waals surface area contributed by atoms with Crippen LogP contribution in [0, 0.1) is 0 Å². The highest BCUT2D eigenvalue weighted by molar-refractivity contribution is 5.95. The largest absolute Gasteiger partial charge is 0.480 e. The Bertz CT molecular complexity index is 700. The number of rotatable bonds is 3. The monoisotopic (exact) mass is 310 g/mol. The molecule has 1 aliphatic rings. The number of hydrogen-bond donors (Lipinski definition) is 2. The molecule has 0 saturated carbocycles. The Morgan fingerprint density at radius 2 is 1.83 bits per heavy atom. The van der Waals surface area contributed by atoms with Crippen molar-refractivity contribution < 1.29 is 14.3 Å². The van der Waals surface area contributed by atoms with E-state index in [0.717, 1.165) is 17.5 Å². The van der Waals surface area contributed by atoms with Crippen LogP contribution in [0.25, 0.3) is 0 Å². The summed E-state index contributed by atoms with van der Waals surface area (Å²) in [4.78, 5) is 24.1. The zero-order chi connectivity index (χ0) is 16.2. The normalized spacial score (nSPS) is 15.4. The number of nitrogens with one attached hydrogen (secondary N) is 2. The van der Waals surface area contributed by atoms with Gasteiger partial charge in [0.2, 0.25) is 0 Å². The molecular formula is C18H18N2O3. The van der Waals surface area contributed by atoms with Gasteiger partial charge in [-0.1, -0.05) is 37.3 Å². The van der Waals surface area contributed by atoms with Gasteiger partial charge in [-0.3, -0.25) is 20.4 Å². The smallest absolute Gasteiger partial charge is 0.279 e. The minimum atomic E-state index is -0.616. The highest BCUT2D eigenvalue weighted by Crippen LogP contribution is 2.27. The van der Waals surface area contributed by atoms with Crippen LogP contribution in [0.5, 0.6) is 5.75 Å². The van der Waals surface area contributed by atoms with Crippen LogP contribution in [0.1, 0.15) is 28.4 Å². The molecule has 3 rings (SSSR count). The Morgan fingerprint density at radius 3 is 2.52 bits per heavy atom. The Hall–Kier alpha value is -2.82. The Balaban J connectivity index is 1.54. The lowest BCUT2D eigenvalue weighted by molar-refractivity contribution is -0.128. The van der Waals surface area contributed by atoms with Crippen LogP contribution < -0.4 is 15.6 Å². The van der Waals surface area contributed by atoms with Gasteiger partial charge in [0.25, 0.3) is 11.8 Å². The second-order valence-electron chi connectivity index (χ2n) is 5.41. The zero-order valence-corrected chi connectivity index (χ0v) is 12.8. The maximum absolute atomic E-state index is 12.1. The molecule has 0 saturated heterocycles. The van der Waals surface area contributed by atoms with E-state index >= 15 is 0 Å². The lowest BCUT2D eigenvalue weighted by atomic mass is 10.1. The fraction of sp³-hybridized carbons (Fsp3) is 0.222. The Labute approximate surface area is 134 Å². The first kappa shape index (κ1) is 15.1. The minimum absolute atomic E-state index is 0.350. The van der Waals surface area contributed by atoms with Gasteiger partial charge in [0.05, 0.1) is 0 Å². The predicted molar refractivity (Wildman–Crippen MR) is 86.0 cm³/mol. The number of ether oxygens (including phenoxy) is 1. The van der Waals surface area contributed by atoms with Crippen molar-refractivity contribution in [2.45, 2.75) is 25.9 Å². The first-order chi connectivity index (χ1) is 11.2. The average molecular weight is 310 g/mol. The van der Waals surface area contributed by atoms with E-state index in [1.54, 1.807) is 12.1 Å². The highest BCUT2D eigenvalue weighted by atomic mass is 16.5. The molecule has 118 valence electrons. The molecule has 0 bridgehead atoms. The fourth-order valence-electron chi connectivity index (χ4n) is 2.49. The number of para-hydroxylation sites is 1. The Morgan fingerprint density at radius 1 is 1.09 bits per heavy atom. The van der Waals surface area contributed by atoms with Crippen molar-refractivity contribution in [1.29, 1.82) is 0 Å². The molecule has 1 heterocycles. The van der Waals surface area contributed by atoms with Gasteiger partial charge in [-0.2, -0.15) is 0 Å². The summed E-state index contributed by atoms with van der Waals surface area (Å²) >= 11 is 0. The third-order valence-electron chi connectivity index (χ3n) is 3.86. The number of carbonyl (C=O) groups excluding carboxylic acids is 2. The second-order valence-corrected chi connectivity index (χ2v) is 5.41. The van der Waals surface area contributed by atoms with Crippen molar-refractivity contribution >= 4 is 11.8 Å². The van der Waals surface area contributed by atoms with Crippen molar-refractivity contribution in [3.63, 3.8) is 0 Å². The molecule has 5 heteroatoms. The van der Waals surface area contributed by atoms with E-state index in [2.05, 4.69) is 17.8 Å². The van der Waals surface area contributed by atoms with E-state index in [-0.39, 0.29) is 11.8 Å². The predicted octanol–water partition coefficient (Wildman–Crippen LogP) is 2.01. The van der Waals surface area contributed by atoms with Gasteiger partial charge in [0, 0.05) is 12.0 Å². The van der Waals surface area contributed by atoms with Gasteiger partial charge in [-0.15, -0.1) is 0 Å². The summed E-state index contributed by atoms with van der Waals surface area (Å²) in [6.45, 7) is 2.05. The van der Waals surface area contributed by atoms with E-state index in [1.807, 2.05) is 36.4 Å². The molecule has 0 unspecified atom stereocenters. The SMILES string of the molecule is CCc1ccc(C(=O)NNC(=O)[C@H]2Cc3ccccc3O2)cc1. The summed E-state index contributed by atoms with van der Waals surface area (Å²) in [7, 11) is 0. The summed E-state index contributed by atoms with van der Waals surface area (Å²) in [5.74, 6) is 0.00498. The van der Waals surface area contributed by atoms with E-state index in [1.165, 1.54) is 0 Å². The van der Waals surface area contributed by atoms with Gasteiger partial charge in [-0.05, 0) is 35.7 Å². The molecule has 0 aromatic heterocycles.